The zero-order valence-corrected chi connectivity index (χ0v) is 13.4. The van der Waals surface area contributed by atoms with Crippen molar-refractivity contribution < 1.29 is 8.42 Å². The largest absolute Gasteiger partial charge is 0.361 e. The summed E-state index contributed by atoms with van der Waals surface area (Å²) in [6.45, 7) is 0.347. The van der Waals surface area contributed by atoms with Crippen LogP contribution in [0, 0.1) is 0 Å². The van der Waals surface area contributed by atoms with Gasteiger partial charge in [-0.2, -0.15) is 0 Å². The predicted octanol–water partition coefficient (Wildman–Crippen LogP) is 3.40. The normalized spacial score (nSPS) is 12.0. The van der Waals surface area contributed by atoms with Gasteiger partial charge in [-0.25, -0.2) is 13.1 Å². The summed E-state index contributed by atoms with van der Waals surface area (Å²) in [6, 6.07) is 8.94. The van der Waals surface area contributed by atoms with Gasteiger partial charge in [0, 0.05) is 28.7 Å². The molecule has 0 spiro atoms. The van der Waals surface area contributed by atoms with E-state index in [1.165, 1.54) is 11.3 Å². The summed E-state index contributed by atoms with van der Waals surface area (Å²) < 4.78 is 27.0. The molecule has 0 saturated carbocycles. The molecule has 2 heterocycles. The number of H-pyrrole nitrogens is 1. The molecule has 21 heavy (non-hydrogen) atoms. The molecule has 0 unspecified atom stereocenters. The molecule has 0 aliphatic rings. The lowest BCUT2D eigenvalue weighted by atomic mass is 10.1. The van der Waals surface area contributed by atoms with E-state index in [2.05, 4.69) is 9.71 Å². The number of rotatable bonds is 5. The third-order valence-corrected chi connectivity index (χ3v) is 6.27. The van der Waals surface area contributed by atoms with Crippen molar-refractivity contribution in [2.24, 2.45) is 0 Å². The van der Waals surface area contributed by atoms with Gasteiger partial charge in [0.05, 0.1) is 0 Å². The smallest absolute Gasteiger partial charge is 0.250 e. The number of sulfonamides is 1. The molecule has 4 nitrogen and oxygen atoms in total. The molecular weight excluding hydrogens is 328 g/mol. The standard InChI is InChI=1S/C14H13ClN2O2S2/c15-11-3-4-13-12(8-11)10(9-16-13)5-6-17-21(18,19)14-2-1-7-20-14/h1-4,7-9,16-17H,5-6H2. The van der Waals surface area contributed by atoms with E-state index in [0.29, 0.717) is 22.2 Å². The van der Waals surface area contributed by atoms with E-state index in [-0.39, 0.29) is 0 Å². The maximum absolute atomic E-state index is 12.0. The van der Waals surface area contributed by atoms with Gasteiger partial charge < -0.3 is 4.98 Å². The third kappa shape index (κ3) is 3.13. The van der Waals surface area contributed by atoms with Gasteiger partial charge >= 0.3 is 0 Å². The summed E-state index contributed by atoms with van der Waals surface area (Å²) in [6.07, 6.45) is 2.49. The first-order chi connectivity index (χ1) is 10.1. The van der Waals surface area contributed by atoms with Crippen LogP contribution in [0.3, 0.4) is 0 Å². The van der Waals surface area contributed by atoms with E-state index in [4.69, 9.17) is 11.6 Å². The van der Waals surface area contributed by atoms with Gasteiger partial charge in [-0.3, -0.25) is 0 Å². The molecule has 0 bridgehead atoms. The Kier molecular flexibility index (Phi) is 4.03. The first-order valence-corrected chi connectivity index (χ1v) is 9.09. The Hall–Kier alpha value is -1.34. The Morgan fingerprint density at radius 2 is 2.14 bits per heavy atom. The van der Waals surface area contributed by atoms with Gasteiger partial charge in [-0.1, -0.05) is 17.7 Å². The molecule has 0 amide bonds. The van der Waals surface area contributed by atoms with Gasteiger partial charge in [0.25, 0.3) is 0 Å². The minimum absolute atomic E-state index is 0.337. The molecule has 1 aromatic carbocycles. The molecule has 3 aromatic rings. The van der Waals surface area contributed by atoms with Crippen molar-refractivity contribution in [1.29, 1.82) is 0 Å². The summed E-state index contributed by atoms with van der Waals surface area (Å²) in [5.41, 5.74) is 2.04. The number of aromatic nitrogens is 1. The van der Waals surface area contributed by atoms with Crippen molar-refractivity contribution in [3.63, 3.8) is 0 Å². The third-order valence-electron chi connectivity index (χ3n) is 3.18. The Labute approximate surface area is 131 Å². The van der Waals surface area contributed by atoms with Crippen molar-refractivity contribution in [1.82, 2.24) is 9.71 Å². The SMILES string of the molecule is O=S(=O)(NCCc1c[nH]c2ccc(Cl)cc12)c1cccs1. The van der Waals surface area contributed by atoms with Crippen LogP contribution >= 0.6 is 22.9 Å². The maximum atomic E-state index is 12.0. The predicted molar refractivity (Wildman–Crippen MR) is 86.5 cm³/mol. The van der Waals surface area contributed by atoms with Crippen LogP contribution in [0.2, 0.25) is 5.02 Å². The molecule has 0 radical (unpaired) electrons. The summed E-state index contributed by atoms with van der Waals surface area (Å²) in [5.74, 6) is 0. The van der Waals surface area contributed by atoms with Crippen LogP contribution in [0.15, 0.2) is 46.1 Å². The maximum Gasteiger partial charge on any atom is 0.250 e. The van der Waals surface area contributed by atoms with Crippen LogP contribution in [-0.4, -0.2) is 19.9 Å². The van der Waals surface area contributed by atoms with E-state index in [1.54, 1.807) is 17.5 Å². The zero-order chi connectivity index (χ0) is 14.9. The molecule has 0 atom stereocenters. The molecule has 0 aliphatic carbocycles. The monoisotopic (exact) mass is 340 g/mol. The lowest BCUT2D eigenvalue weighted by Crippen LogP contribution is -2.25. The van der Waals surface area contributed by atoms with Crippen molar-refractivity contribution in [3.8, 4) is 0 Å². The number of thiophene rings is 1. The number of nitrogens with one attached hydrogen (secondary N) is 2. The van der Waals surface area contributed by atoms with Crippen molar-refractivity contribution >= 4 is 43.9 Å². The Morgan fingerprint density at radius 3 is 2.90 bits per heavy atom. The van der Waals surface area contributed by atoms with E-state index < -0.39 is 10.0 Å². The number of hydrogen-bond donors (Lipinski definition) is 2. The highest BCUT2D eigenvalue weighted by atomic mass is 35.5. The number of hydrogen-bond acceptors (Lipinski definition) is 3. The van der Waals surface area contributed by atoms with Crippen LogP contribution in [0.25, 0.3) is 10.9 Å². The van der Waals surface area contributed by atoms with Crippen molar-refractivity contribution in [3.05, 3.63) is 52.5 Å². The highest BCUT2D eigenvalue weighted by molar-refractivity contribution is 7.91. The van der Waals surface area contributed by atoms with Crippen molar-refractivity contribution in [2.75, 3.05) is 6.54 Å². The average molecular weight is 341 g/mol. The highest BCUT2D eigenvalue weighted by Gasteiger charge is 2.14. The lowest BCUT2D eigenvalue weighted by molar-refractivity contribution is 0.584. The molecule has 0 saturated heterocycles. The molecule has 0 fully saturated rings. The summed E-state index contributed by atoms with van der Waals surface area (Å²) in [4.78, 5) is 3.16. The van der Waals surface area contributed by atoms with E-state index in [0.717, 1.165) is 16.5 Å². The number of aromatic amines is 1. The number of benzene rings is 1. The number of halogens is 1. The minimum atomic E-state index is -3.40. The van der Waals surface area contributed by atoms with Crippen LogP contribution in [0.1, 0.15) is 5.56 Å². The average Bonchev–Trinajstić information content (AvgIpc) is 3.08. The second-order valence-corrected chi connectivity index (χ2v) is 7.96. The van der Waals surface area contributed by atoms with E-state index in [9.17, 15) is 8.42 Å². The van der Waals surface area contributed by atoms with Gasteiger partial charge in [0.1, 0.15) is 4.21 Å². The molecule has 2 aromatic heterocycles. The number of fused-ring (bicyclic) bond motifs is 1. The van der Waals surface area contributed by atoms with Gasteiger partial charge in [0.15, 0.2) is 0 Å². The highest BCUT2D eigenvalue weighted by Crippen LogP contribution is 2.22. The second-order valence-electron chi connectivity index (χ2n) is 4.58. The fraction of sp³-hybridized carbons (Fsp3) is 0.143. The quantitative estimate of drug-likeness (QED) is 0.747. The van der Waals surface area contributed by atoms with Gasteiger partial charge in [-0.15, -0.1) is 11.3 Å². The lowest BCUT2D eigenvalue weighted by Gasteiger charge is -2.04. The van der Waals surface area contributed by atoms with Crippen LogP contribution in [0.5, 0.6) is 0 Å². The van der Waals surface area contributed by atoms with Gasteiger partial charge in [0.2, 0.25) is 10.0 Å². The Balaban J connectivity index is 1.71. The van der Waals surface area contributed by atoms with E-state index >= 15 is 0 Å². The summed E-state index contributed by atoms with van der Waals surface area (Å²) in [5, 5.41) is 3.44. The zero-order valence-electron chi connectivity index (χ0n) is 11.0. The van der Waals surface area contributed by atoms with Gasteiger partial charge in [-0.05, 0) is 41.6 Å². The molecule has 7 heteroatoms. The topological polar surface area (TPSA) is 62.0 Å². The van der Waals surface area contributed by atoms with E-state index in [1.807, 2.05) is 24.4 Å². The first kappa shape index (κ1) is 14.6. The fourth-order valence-electron chi connectivity index (χ4n) is 2.17. The second kappa shape index (κ2) is 5.81. The van der Waals surface area contributed by atoms with Crippen LogP contribution in [0.4, 0.5) is 0 Å². The first-order valence-electron chi connectivity index (χ1n) is 6.35. The fourth-order valence-corrected chi connectivity index (χ4v) is 4.41. The Bertz CT molecular complexity index is 854. The van der Waals surface area contributed by atoms with Crippen LogP contribution in [-0.2, 0) is 16.4 Å². The summed E-state index contributed by atoms with van der Waals surface area (Å²) in [7, 11) is -3.40. The summed E-state index contributed by atoms with van der Waals surface area (Å²) >= 11 is 7.21. The molecule has 3 rings (SSSR count). The molecule has 2 N–H and O–H groups in total. The molecule has 0 aliphatic heterocycles. The van der Waals surface area contributed by atoms with Crippen LogP contribution < -0.4 is 4.72 Å². The minimum Gasteiger partial charge on any atom is -0.361 e. The molecular formula is C14H13ClN2O2S2. The molecule has 110 valence electrons. The Morgan fingerprint density at radius 1 is 1.29 bits per heavy atom. The van der Waals surface area contributed by atoms with Crippen molar-refractivity contribution in [2.45, 2.75) is 10.6 Å².